The molecule has 2 fully saturated rings. The molecule has 0 spiro atoms. The summed E-state index contributed by atoms with van der Waals surface area (Å²) in [6.07, 6.45) is 1.42. The molecular formula is C18H22O5. The van der Waals surface area contributed by atoms with Crippen molar-refractivity contribution in [1.82, 2.24) is 0 Å². The Balaban J connectivity index is 1.58. The molecule has 1 unspecified atom stereocenters. The molecule has 0 saturated carbocycles. The number of rotatable bonds is 3. The Hall–Kier alpha value is -1.24. The van der Waals surface area contributed by atoms with Crippen molar-refractivity contribution in [2.45, 2.75) is 24.6 Å². The van der Waals surface area contributed by atoms with E-state index in [2.05, 4.69) is 0 Å². The van der Waals surface area contributed by atoms with Crippen molar-refractivity contribution >= 4 is 0 Å². The minimum atomic E-state index is -0.379. The zero-order valence-electron chi connectivity index (χ0n) is 13.1. The Morgan fingerprint density at radius 3 is 2.74 bits per heavy atom. The van der Waals surface area contributed by atoms with E-state index in [1.165, 1.54) is 0 Å². The molecule has 0 radical (unpaired) electrons. The van der Waals surface area contributed by atoms with Gasteiger partial charge in [0.15, 0.2) is 6.29 Å². The maximum absolute atomic E-state index is 9.60. The lowest BCUT2D eigenvalue weighted by Gasteiger charge is -2.46. The SMILES string of the molecule is CO[C@H]1C=C(CO)[C@H]2CO[C@@H]3COC(c4ccccc4)O[C@H]3[C@@H]12. The molecule has 1 aliphatic carbocycles. The Kier molecular flexibility index (Phi) is 4.22. The van der Waals surface area contributed by atoms with E-state index >= 15 is 0 Å². The highest BCUT2D eigenvalue weighted by atomic mass is 16.7. The second-order valence-electron chi connectivity index (χ2n) is 6.33. The first-order chi connectivity index (χ1) is 11.3. The molecule has 1 aromatic carbocycles. The highest BCUT2D eigenvalue weighted by Crippen LogP contribution is 2.45. The summed E-state index contributed by atoms with van der Waals surface area (Å²) in [5, 5.41) is 9.60. The zero-order valence-corrected chi connectivity index (χ0v) is 13.1. The van der Waals surface area contributed by atoms with Crippen molar-refractivity contribution in [1.29, 1.82) is 0 Å². The fourth-order valence-electron chi connectivity index (χ4n) is 3.99. The Morgan fingerprint density at radius 1 is 1.17 bits per heavy atom. The average Bonchev–Trinajstić information content (AvgIpc) is 3.00. The molecule has 3 aliphatic rings. The van der Waals surface area contributed by atoms with Crippen molar-refractivity contribution in [3.63, 3.8) is 0 Å². The van der Waals surface area contributed by atoms with Crippen LogP contribution >= 0.6 is 0 Å². The van der Waals surface area contributed by atoms with E-state index < -0.39 is 0 Å². The van der Waals surface area contributed by atoms with Crippen molar-refractivity contribution in [3.05, 3.63) is 47.5 Å². The van der Waals surface area contributed by atoms with Crippen LogP contribution in [0, 0.1) is 11.8 Å². The van der Waals surface area contributed by atoms with Crippen molar-refractivity contribution < 1.29 is 24.1 Å². The van der Waals surface area contributed by atoms with Crippen LogP contribution in [0.1, 0.15) is 11.9 Å². The van der Waals surface area contributed by atoms with E-state index in [0.29, 0.717) is 13.2 Å². The molecule has 1 aromatic rings. The molecule has 0 amide bonds. The lowest BCUT2D eigenvalue weighted by atomic mass is 9.81. The smallest absolute Gasteiger partial charge is 0.184 e. The summed E-state index contributed by atoms with van der Waals surface area (Å²) in [4.78, 5) is 0. The van der Waals surface area contributed by atoms with Gasteiger partial charge in [-0.3, -0.25) is 0 Å². The number of hydrogen-bond donors (Lipinski definition) is 1. The van der Waals surface area contributed by atoms with Crippen LogP contribution in [0.25, 0.3) is 0 Å². The van der Waals surface area contributed by atoms with Gasteiger partial charge in [-0.05, 0) is 5.57 Å². The number of methoxy groups -OCH3 is 1. The van der Waals surface area contributed by atoms with E-state index in [9.17, 15) is 5.11 Å². The standard InChI is InChI=1S/C18H22O5/c1-20-14-7-12(8-19)13-9-21-15-10-22-18(23-17(15)16(13)14)11-5-3-2-4-6-11/h2-7,13-19H,8-10H2,1H3/t13-,14+,15-,16-,17-,18?/m1/s1. The van der Waals surface area contributed by atoms with Gasteiger partial charge in [0, 0.05) is 24.5 Å². The summed E-state index contributed by atoms with van der Waals surface area (Å²) >= 11 is 0. The van der Waals surface area contributed by atoms with Gasteiger partial charge in [-0.25, -0.2) is 0 Å². The molecule has 5 heteroatoms. The largest absolute Gasteiger partial charge is 0.392 e. The van der Waals surface area contributed by atoms with Gasteiger partial charge in [0.05, 0.1) is 32.0 Å². The number of hydrogen-bond acceptors (Lipinski definition) is 5. The van der Waals surface area contributed by atoms with Gasteiger partial charge in [0.2, 0.25) is 0 Å². The molecule has 23 heavy (non-hydrogen) atoms. The molecule has 1 N–H and O–H groups in total. The van der Waals surface area contributed by atoms with Gasteiger partial charge in [-0.1, -0.05) is 36.4 Å². The predicted molar refractivity (Wildman–Crippen MR) is 82.7 cm³/mol. The van der Waals surface area contributed by atoms with Crippen LogP contribution in [0.15, 0.2) is 42.0 Å². The Bertz CT molecular complexity index is 572. The van der Waals surface area contributed by atoms with Crippen LogP contribution in [-0.2, 0) is 18.9 Å². The van der Waals surface area contributed by atoms with Crippen LogP contribution in [0.2, 0.25) is 0 Å². The number of ether oxygens (including phenoxy) is 4. The summed E-state index contributed by atoms with van der Waals surface area (Å²) < 4.78 is 23.7. The second kappa shape index (κ2) is 6.34. The quantitative estimate of drug-likeness (QED) is 0.859. The third kappa shape index (κ3) is 2.62. The molecular weight excluding hydrogens is 296 g/mol. The van der Waals surface area contributed by atoms with Gasteiger partial charge in [0.1, 0.15) is 6.10 Å². The average molecular weight is 318 g/mol. The third-order valence-corrected chi connectivity index (χ3v) is 5.15. The van der Waals surface area contributed by atoms with Crippen LogP contribution in [0.5, 0.6) is 0 Å². The summed E-state index contributed by atoms with van der Waals surface area (Å²) in [7, 11) is 1.71. The number of aliphatic hydroxyl groups is 1. The van der Waals surface area contributed by atoms with Gasteiger partial charge < -0.3 is 24.1 Å². The van der Waals surface area contributed by atoms with E-state index in [1.807, 2.05) is 36.4 Å². The van der Waals surface area contributed by atoms with E-state index in [4.69, 9.17) is 18.9 Å². The normalized spacial score (nSPS) is 39.5. The highest BCUT2D eigenvalue weighted by Gasteiger charge is 2.51. The van der Waals surface area contributed by atoms with Crippen LogP contribution in [-0.4, -0.2) is 50.3 Å². The molecule has 2 aliphatic heterocycles. The van der Waals surface area contributed by atoms with E-state index in [1.54, 1.807) is 7.11 Å². The molecule has 0 bridgehead atoms. The lowest BCUT2D eigenvalue weighted by molar-refractivity contribution is -0.302. The first kappa shape index (κ1) is 15.3. The molecule has 6 atom stereocenters. The highest BCUT2D eigenvalue weighted by molar-refractivity contribution is 5.24. The molecule has 5 nitrogen and oxygen atoms in total. The lowest BCUT2D eigenvalue weighted by Crippen LogP contribution is -2.55. The number of aliphatic hydroxyl groups excluding tert-OH is 1. The van der Waals surface area contributed by atoms with Crippen molar-refractivity contribution in [2.75, 3.05) is 26.9 Å². The Morgan fingerprint density at radius 2 is 2.00 bits per heavy atom. The summed E-state index contributed by atoms with van der Waals surface area (Å²) in [6, 6.07) is 9.95. The first-order valence-electron chi connectivity index (χ1n) is 8.09. The molecule has 0 aromatic heterocycles. The van der Waals surface area contributed by atoms with Crippen LogP contribution < -0.4 is 0 Å². The zero-order chi connectivity index (χ0) is 15.8. The molecule has 2 heterocycles. The summed E-state index contributed by atoms with van der Waals surface area (Å²) in [6.45, 7) is 1.14. The summed E-state index contributed by atoms with van der Waals surface area (Å²) in [5.41, 5.74) is 2.00. The predicted octanol–water partition coefficient (Wildman–Crippen LogP) is 1.68. The van der Waals surface area contributed by atoms with Gasteiger partial charge >= 0.3 is 0 Å². The maximum atomic E-state index is 9.60. The van der Waals surface area contributed by atoms with Gasteiger partial charge in [-0.15, -0.1) is 0 Å². The minimum Gasteiger partial charge on any atom is -0.392 e. The number of benzene rings is 1. The van der Waals surface area contributed by atoms with E-state index in [-0.39, 0.29) is 43.0 Å². The third-order valence-electron chi connectivity index (χ3n) is 5.15. The molecule has 4 rings (SSSR count). The van der Waals surface area contributed by atoms with Crippen LogP contribution in [0.4, 0.5) is 0 Å². The van der Waals surface area contributed by atoms with Gasteiger partial charge in [-0.2, -0.15) is 0 Å². The van der Waals surface area contributed by atoms with E-state index in [0.717, 1.165) is 11.1 Å². The van der Waals surface area contributed by atoms with Crippen molar-refractivity contribution in [2.24, 2.45) is 11.8 Å². The molecule has 2 saturated heterocycles. The Labute approximate surface area is 135 Å². The van der Waals surface area contributed by atoms with Crippen molar-refractivity contribution in [3.8, 4) is 0 Å². The molecule has 124 valence electrons. The maximum Gasteiger partial charge on any atom is 0.184 e. The first-order valence-corrected chi connectivity index (χ1v) is 8.09. The fraction of sp³-hybridized carbons (Fsp3) is 0.556. The van der Waals surface area contributed by atoms with Crippen LogP contribution in [0.3, 0.4) is 0 Å². The fourth-order valence-corrected chi connectivity index (χ4v) is 3.99. The summed E-state index contributed by atoms with van der Waals surface area (Å²) in [5.74, 6) is 0.316. The van der Waals surface area contributed by atoms with Gasteiger partial charge in [0.25, 0.3) is 0 Å². The topological polar surface area (TPSA) is 57.2 Å². The monoisotopic (exact) mass is 318 g/mol. The number of fused-ring (bicyclic) bond motifs is 3. The second-order valence-corrected chi connectivity index (χ2v) is 6.33. The minimum absolute atomic E-state index is 0.0421.